The van der Waals surface area contributed by atoms with Crippen molar-refractivity contribution in [3.8, 4) is 5.75 Å². The molecule has 0 aliphatic carbocycles. The van der Waals surface area contributed by atoms with Crippen molar-refractivity contribution in [2.75, 3.05) is 26.4 Å². The summed E-state index contributed by atoms with van der Waals surface area (Å²) in [5, 5.41) is 28.6. The monoisotopic (exact) mass is 441 g/mol. The van der Waals surface area contributed by atoms with Crippen LogP contribution in [0, 0.1) is 0 Å². The van der Waals surface area contributed by atoms with Crippen molar-refractivity contribution in [3.05, 3.63) is 42.0 Å². The highest BCUT2D eigenvalue weighted by atomic mass is 16.5. The van der Waals surface area contributed by atoms with Crippen LogP contribution in [-0.2, 0) is 25.7 Å². The van der Waals surface area contributed by atoms with Gasteiger partial charge in [-0.2, -0.15) is 0 Å². The van der Waals surface area contributed by atoms with Crippen molar-refractivity contribution >= 4 is 11.9 Å². The summed E-state index contributed by atoms with van der Waals surface area (Å²) in [5.74, 6) is -1.76. The van der Waals surface area contributed by atoms with Crippen LogP contribution in [0.3, 0.4) is 0 Å². The summed E-state index contributed by atoms with van der Waals surface area (Å²) < 4.78 is 16.5. The van der Waals surface area contributed by atoms with E-state index in [9.17, 15) is 14.7 Å². The highest BCUT2D eigenvalue weighted by Crippen LogP contribution is 2.13. The molecule has 0 aliphatic heterocycles. The molecule has 31 heavy (non-hydrogen) atoms. The first-order valence-electron chi connectivity index (χ1n) is 10.1. The van der Waals surface area contributed by atoms with Crippen LogP contribution in [0.15, 0.2) is 36.4 Å². The van der Waals surface area contributed by atoms with Gasteiger partial charge >= 0.3 is 11.9 Å². The molecule has 0 radical (unpaired) electrons. The van der Waals surface area contributed by atoms with Gasteiger partial charge in [-0.25, -0.2) is 9.59 Å². The molecule has 9 heteroatoms. The number of ether oxygens (including phenoxy) is 3. The number of aliphatic hydroxyl groups is 1. The van der Waals surface area contributed by atoms with E-state index < -0.39 is 18.0 Å². The lowest BCUT2D eigenvalue weighted by Crippen LogP contribution is -2.35. The molecule has 0 heterocycles. The molecule has 0 bridgehead atoms. The number of rotatable bonds is 14. The molecule has 4 N–H and O–H groups in total. The van der Waals surface area contributed by atoms with Gasteiger partial charge in [-0.15, -0.1) is 0 Å². The number of benzene rings is 1. The second-order valence-corrected chi connectivity index (χ2v) is 7.15. The van der Waals surface area contributed by atoms with Gasteiger partial charge < -0.3 is 34.8 Å². The second kappa shape index (κ2) is 17.2. The molecule has 0 aromatic heterocycles. The van der Waals surface area contributed by atoms with E-state index in [1.807, 2.05) is 52.0 Å². The maximum Gasteiger partial charge on any atom is 0.328 e. The third-order valence-electron chi connectivity index (χ3n) is 3.44. The van der Waals surface area contributed by atoms with Crippen LogP contribution in [0.5, 0.6) is 5.75 Å². The summed E-state index contributed by atoms with van der Waals surface area (Å²) in [5.41, 5.74) is 1.09. The molecule has 1 aromatic carbocycles. The fourth-order valence-electron chi connectivity index (χ4n) is 1.98. The Morgan fingerprint density at radius 3 is 2.06 bits per heavy atom. The van der Waals surface area contributed by atoms with Gasteiger partial charge in [-0.1, -0.05) is 26.0 Å². The number of carbonyl (C=O) groups is 2. The third-order valence-corrected chi connectivity index (χ3v) is 3.44. The van der Waals surface area contributed by atoms with Gasteiger partial charge in [-0.3, -0.25) is 0 Å². The fourth-order valence-corrected chi connectivity index (χ4v) is 1.98. The highest BCUT2D eigenvalue weighted by Gasteiger charge is 2.06. The van der Waals surface area contributed by atoms with Crippen molar-refractivity contribution in [1.29, 1.82) is 0 Å². The summed E-state index contributed by atoms with van der Waals surface area (Å²) in [6, 6.07) is 8.09. The normalized spacial score (nSPS) is 12.0. The molecule has 0 saturated heterocycles. The lowest BCUT2D eigenvalue weighted by Gasteiger charge is -2.15. The minimum Gasteiger partial charge on any atom is -0.491 e. The molecule has 176 valence electrons. The highest BCUT2D eigenvalue weighted by molar-refractivity contribution is 5.89. The van der Waals surface area contributed by atoms with E-state index in [0.29, 0.717) is 44.6 Å². The Hall–Kier alpha value is -2.46. The van der Waals surface area contributed by atoms with E-state index >= 15 is 0 Å². The maximum absolute atomic E-state index is 9.80. The first kappa shape index (κ1) is 28.5. The molecule has 0 fully saturated rings. The second-order valence-electron chi connectivity index (χ2n) is 7.15. The molecular weight excluding hydrogens is 406 g/mol. The van der Waals surface area contributed by atoms with Crippen molar-refractivity contribution in [2.24, 2.45) is 0 Å². The van der Waals surface area contributed by atoms with E-state index in [1.165, 1.54) is 0 Å². The predicted molar refractivity (Wildman–Crippen MR) is 116 cm³/mol. The molecule has 0 spiro atoms. The Balaban J connectivity index is 0.000000954. The van der Waals surface area contributed by atoms with Crippen LogP contribution in [-0.4, -0.2) is 71.9 Å². The number of carboxylic acids is 2. The third kappa shape index (κ3) is 19.3. The predicted octanol–water partition coefficient (Wildman–Crippen LogP) is 2.08. The van der Waals surface area contributed by atoms with Crippen LogP contribution in [0.1, 0.15) is 33.3 Å². The number of hydrogen-bond donors (Lipinski definition) is 4. The lowest BCUT2D eigenvalue weighted by molar-refractivity contribution is -0.134. The van der Waals surface area contributed by atoms with E-state index in [-0.39, 0.29) is 12.7 Å². The topological polar surface area (TPSA) is 135 Å². The minimum atomic E-state index is -1.26. The van der Waals surface area contributed by atoms with Gasteiger partial charge in [-0.05, 0) is 31.5 Å². The van der Waals surface area contributed by atoms with Crippen LogP contribution < -0.4 is 10.1 Å². The van der Waals surface area contributed by atoms with E-state index in [1.54, 1.807) is 0 Å². The Labute approximate surface area is 183 Å². The largest absolute Gasteiger partial charge is 0.491 e. The minimum absolute atomic E-state index is 0.237. The zero-order chi connectivity index (χ0) is 23.6. The van der Waals surface area contributed by atoms with Crippen LogP contribution in [0.2, 0.25) is 0 Å². The van der Waals surface area contributed by atoms with Gasteiger partial charge in [0.15, 0.2) is 0 Å². The molecular formula is C22H35NO8. The number of aliphatic carboxylic acids is 2. The van der Waals surface area contributed by atoms with Gasteiger partial charge in [0.2, 0.25) is 0 Å². The average molecular weight is 442 g/mol. The first-order valence-corrected chi connectivity index (χ1v) is 10.1. The Bertz CT molecular complexity index is 627. The summed E-state index contributed by atoms with van der Waals surface area (Å²) in [6.07, 6.45) is 0.840. The quantitative estimate of drug-likeness (QED) is 0.253. The van der Waals surface area contributed by atoms with Gasteiger partial charge in [0.1, 0.15) is 18.5 Å². The van der Waals surface area contributed by atoms with E-state index in [0.717, 1.165) is 11.3 Å². The van der Waals surface area contributed by atoms with Crippen LogP contribution >= 0.6 is 0 Å². The summed E-state index contributed by atoms with van der Waals surface area (Å²) >= 11 is 0. The molecule has 0 amide bonds. The molecule has 9 nitrogen and oxygen atoms in total. The standard InChI is InChI=1S/C18H31NO4.C4H4O4/c1-14(2)19-11-17(20)13-23-18-7-5-16(6-8-18)12-21-9-10-22-15(3)4;5-3(6)1-2-4(7)8/h5-8,14-15,17,19-20H,9-13H2,1-4H3;1-2H,(H,5,6)(H,7,8)/b;2-1+/t17-;/m0./s1. The molecule has 1 aromatic rings. The molecule has 0 saturated carbocycles. The SMILES string of the molecule is CC(C)NC[C@H](O)COc1ccc(COCCOC(C)C)cc1.O=C(O)/C=C/C(=O)O. The molecule has 0 unspecified atom stereocenters. The van der Waals surface area contributed by atoms with Gasteiger partial charge in [0.25, 0.3) is 0 Å². The smallest absolute Gasteiger partial charge is 0.328 e. The lowest BCUT2D eigenvalue weighted by atomic mass is 10.2. The van der Waals surface area contributed by atoms with Crippen LogP contribution in [0.25, 0.3) is 0 Å². The van der Waals surface area contributed by atoms with Crippen molar-refractivity contribution in [1.82, 2.24) is 5.32 Å². The zero-order valence-electron chi connectivity index (χ0n) is 18.6. The zero-order valence-corrected chi connectivity index (χ0v) is 18.6. The van der Waals surface area contributed by atoms with E-state index in [2.05, 4.69) is 5.32 Å². The molecule has 1 atom stereocenters. The van der Waals surface area contributed by atoms with Crippen molar-refractivity contribution in [3.63, 3.8) is 0 Å². The Morgan fingerprint density at radius 2 is 1.58 bits per heavy atom. The summed E-state index contributed by atoms with van der Waals surface area (Å²) in [6.45, 7) is 10.7. The first-order chi connectivity index (χ1) is 14.6. The fraction of sp³-hybridized carbons (Fsp3) is 0.545. The molecule has 1 rings (SSSR count). The number of aliphatic hydroxyl groups excluding tert-OH is 1. The van der Waals surface area contributed by atoms with Gasteiger partial charge in [0.05, 0.1) is 25.9 Å². The van der Waals surface area contributed by atoms with Crippen molar-refractivity contribution in [2.45, 2.75) is 52.6 Å². The van der Waals surface area contributed by atoms with Crippen molar-refractivity contribution < 1.29 is 39.1 Å². The number of nitrogens with one attached hydrogen (secondary N) is 1. The Morgan fingerprint density at radius 1 is 1.00 bits per heavy atom. The number of hydrogen-bond acceptors (Lipinski definition) is 7. The van der Waals surface area contributed by atoms with Crippen LogP contribution in [0.4, 0.5) is 0 Å². The summed E-state index contributed by atoms with van der Waals surface area (Å²) in [4.78, 5) is 19.1. The Kier molecular flexibility index (Phi) is 15.9. The summed E-state index contributed by atoms with van der Waals surface area (Å²) in [7, 11) is 0. The molecule has 0 aliphatic rings. The van der Waals surface area contributed by atoms with Gasteiger partial charge in [0, 0.05) is 24.7 Å². The van der Waals surface area contributed by atoms with E-state index in [4.69, 9.17) is 24.4 Å². The maximum atomic E-state index is 9.80. The average Bonchev–Trinajstić information content (AvgIpc) is 2.70. The number of carboxylic acid groups (broad SMARTS) is 2.